The number of fused-ring (bicyclic) bond motifs is 1. The third kappa shape index (κ3) is 3.87. The predicted molar refractivity (Wildman–Crippen MR) is 108 cm³/mol. The first-order valence-corrected chi connectivity index (χ1v) is 10.8. The topological polar surface area (TPSA) is 41.5 Å². The number of hydrogen-bond donors (Lipinski definition) is 0. The minimum absolute atomic E-state index is 0.726. The number of aromatic nitrogens is 2. The molecule has 142 valence electrons. The largest absolute Gasteiger partial charge is 0.381 e. The molecule has 0 aliphatic carbocycles. The Morgan fingerprint density at radius 2 is 2.04 bits per heavy atom. The predicted octanol–water partition coefficient (Wildman–Crippen LogP) is 3.72. The van der Waals surface area contributed by atoms with Crippen molar-refractivity contribution in [3.05, 3.63) is 17.3 Å². The molecule has 2 aromatic heterocycles. The van der Waals surface area contributed by atoms with E-state index in [-0.39, 0.29) is 0 Å². The van der Waals surface area contributed by atoms with Gasteiger partial charge in [0.15, 0.2) is 0 Å². The highest BCUT2D eigenvalue weighted by Crippen LogP contribution is 2.32. The number of anilines is 1. The second-order valence-electron chi connectivity index (χ2n) is 7.72. The highest BCUT2D eigenvalue weighted by Gasteiger charge is 2.31. The van der Waals surface area contributed by atoms with E-state index in [1.165, 1.54) is 42.6 Å². The van der Waals surface area contributed by atoms with E-state index < -0.39 is 0 Å². The summed E-state index contributed by atoms with van der Waals surface area (Å²) in [5.41, 5.74) is 0. The van der Waals surface area contributed by atoms with Crippen LogP contribution in [0.4, 0.5) is 5.82 Å². The molecule has 0 saturated carbocycles. The van der Waals surface area contributed by atoms with Crippen LogP contribution >= 0.6 is 11.3 Å². The van der Waals surface area contributed by atoms with Crippen molar-refractivity contribution in [2.45, 2.75) is 45.6 Å². The summed E-state index contributed by atoms with van der Waals surface area (Å²) >= 11 is 1.76. The van der Waals surface area contributed by atoms with Crippen LogP contribution in [-0.2, 0) is 4.74 Å². The van der Waals surface area contributed by atoms with Gasteiger partial charge in [0.25, 0.3) is 0 Å². The van der Waals surface area contributed by atoms with Crippen LogP contribution in [0.3, 0.4) is 0 Å². The summed E-state index contributed by atoms with van der Waals surface area (Å²) in [6, 6.07) is 2.96. The van der Waals surface area contributed by atoms with E-state index in [0.717, 1.165) is 55.3 Å². The molecule has 26 heavy (non-hydrogen) atoms. The summed E-state index contributed by atoms with van der Waals surface area (Å²) in [5.74, 6) is 1.86. The van der Waals surface area contributed by atoms with Gasteiger partial charge in [-0.25, -0.2) is 9.97 Å². The van der Waals surface area contributed by atoms with Crippen molar-refractivity contribution in [3.63, 3.8) is 0 Å². The number of likely N-dealkylation sites (tertiary alicyclic amines) is 1. The molecule has 2 aromatic rings. The number of piperidine rings is 1. The van der Waals surface area contributed by atoms with Gasteiger partial charge in [-0.2, -0.15) is 0 Å². The van der Waals surface area contributed by atoms with Gasteiger partial charge in [0.2, 0.25) is 0 Å². The van der Waals surface area contributed by atoms with Gasteiger partial charge in [-0.3, -0.25) is 4.90 Å². The third-order valence-electron chi connectivity index (χ3n) is 5.73. The second-order valence-corrected chi connectivity index (χ2v) is 8.95. The summed E-state index contributed by atoms with van der Waals surface area (Å²) in [6.07, 6.45) is 6.61. The van der Waals surface area contributed by atoms with Gasteiger partial charge >= 0.3 is 0 Å². The Hall–Kier alpha value is -1.24. The standard InChI is InChI=1S/C20H30N4OS/c1-3-10-25-13-16-4-7-24(12-16)17-5-8-23(9-6-17)19-18-11-15(2)26-20(18)22-14-21-19/h11,14,16-17H,3-10,12-13H2,1-2H3. The lowest BCUT2D eigenvalue weighted by molar-refractivity contribution is 0.0974. The molecule has 4 rings (SSSR count). The molecule has 5 nitrogen and oxygen atoms in total. The van der Waals surface area contributed by atoms with Gasteiger partial charge in [-0.15, -0.1) is 11.3 Å². The maximum absolute atomic E-state index is 5.77. The third-order valence-corrected chi connectivity index (χ3v) is 6.69. The van der Waals surface area contributed by atoms with Crippen molar-refractivity contribution >= 4 is 27.4 Å². The van der Waals surface area contributed by atoms with Crippen molar-refractivity contribution in [3.8, 4) is 0 Å². The van der Waals surface area contributed by atoms with Crippen LogP contribution < -0.4 is 4.90 Å². The summed E-state index contributed by atoms with van der Waals surface area (Å²) in [6.45, 7) is 10.8. The van der Waals surface area contributed by atoms with Crippen LogP contribution in [0.5, 0.6) is 0 Å². The molecule has 0 spiro atoms. The van der Waals surface area contributed by atoms with Crippen LogP contribution in [0.25, 0.3) is 10.2 Å². The molecular weight excluding hydrogens is 344 g/mol. The normalized spacial score (nSPS) is 22.5. The van der Waals surface area contributed by atoms with Crippen LogP contribution in [0.15, 0.2) is 12.4 Å². The molecular formula is C20H30N4OS. The fourth-order valence-electron chi connectivity index (χ4n) is 4.38. The Morgan fingerprint density at radius 1 is 1.19 bits per heavy atom. The van der Waals surface area contributed by atoms with Crippen LogP contribution in [0, 0.1) is 12.8 Å². The lowest BCUT2D eigenvalue weighted by atomic mass is 10.0. The Labute approximate surface area is 160 Å². The molecule has 1 atom stereocenters. The maximum atomic E-state index is 5.77. The first-order chi connectivity index (χ1) is 12.7. The lowest BCUT2D eigenvalue weighted by Crippen LogP contribution is -2.44. The molecule has 2 saturated heterocycles. The maximum Gasteiger partial charge on any atom is 0.140 e. The number of aryl methyl sites for hydroxylation is 1. The highest BCUT2D eigenvalue weighted by atomic mass is 32.1. The zero-order chi connectivity index (χ0) is 17.9. The van der Waals surface area contributed by atoms with Crippen molar-refractivity contribution in [2.75, 3.05) is 44.3 Å². The summed E-state index contributed by atoms with van der Waals surface area (Å²) in [4.78, 5) is 16.6. The van der Waals surface area contributed by atoms with Gasteiger partial charge in [-0.05, 0) is 51.1 Å². The van der Waals surface area contributed by atoms with Gasteiger partial charge < -0.3 is 9.64 Å². The second kappa shape index (κ2) is 8.19. The Balaban J connectivity index is 1.33. The average molecular weight is 375 g/mol. The van der Waals surface area contributed by atoms with Crippen LogP contribution in [-0.4, -0.2) is 60.3 Å². The van der Waals surface area contributed by atoms with E-state index in [1.54, 1.807) is 17.7 Å². The van der Waals surface area contributed by atoms with E-state index in [2.05, 4.69) is 39.7 Å². The van der Waals surface area contributed by atoms with Crippen molar-refractivity contribution in [1.82, 2.24) is 14.9 Å². The number of rotatable bonds is 6. The smallest absolute Gasteiger partial charge is 0.140 e. The van der Waals surface area contributed by atoms with Gasteiger partial charge in [0, 0.05) is 37.2 Å². The van der Waals surface area contributed by atoms with Crippen molar-refractivity contribution < 1.29 is 4.74 Å². The fraction of sp³-hybridized carbons (Fsp3) is 0.700. The molecule has 2 aliphatic rings. The molecule has 1 unspecified atom stereocenters. The lowest BCUT2D eigenvalue weighted by Gasteiger charge is -2.37. The molecule has 0 bridgehead atoms. The van der Waals surface area contributed by atoms with E-state index in [0.29, 0.717) is 0 Å². The number of ether oxygens (including phenoxy) is 1. The van der Waals surface area contributed by atoms with Crippen molar-refractivity contribution in [2.24, 2.45) is 5.92 Å². The molecule has 2 fully saturated rings. The summed E-state index contributed by atoms with van der Waals surface area (Å²) in [5, 5.41) is 1.22. The summed E-state index contributed by atoms with van der Waals surface area (Å²) in [7, 11) is 0. The van der Waals surface area contributed by atoms with E-state index >= 15 is 0 Å². The first-order valence-electron chi connectivity index (χ1n) is 10.0. The summed E-state index contributed by atoms with van der Waals surface area (Å²) < 4.78 is 5.77. The molecule has 0 N–H and O–H groups in total. The van der Waals surface area contributed by atoms with Crippen molar-refractivity contribution in [1.29, 1.82) is 0 Å². The zero-order valence-electron chi connectivity index (χ0n) is 16.0. The molecule has 6 heteroatoms. The molecule has 0 amide bonds. The average Bonchev–Trinajstić information content (AvgIpc) is 3.27. The minimum Gasteiger partial charge on any atom is -0.381 e. The number of thiophene rings is 1. The van der Waals surface area contributed by atoms with E-state index in [9.17, 15) is 0 Å². The Kier molecular flexibility index (Phi) is 5.72. The Morgan fingerprint density at radius 3 is 2.85 bits per heavy atom. The number of hydrogen-bond acceptors (Lipinski definition) is 6. The zero-order valence-corrected chi connectivity index (χ0v) is 16.8. The van der Waals surface area contributed by atoms with Crippen LogP contribution in [0.1, 0.15) is 37.5 Å². The van der Waals surface area contributed by atoms with Gasteiger partial charge in [0.1, 0.15) is 17.0 Å². The van der Waals surface area contributed by atoms with E-state index in [1.807, 2.05) is 0 Å². The highest BCUT2D eigenvalue weighted by molar-refractivity contribution is 7.18. The van der Waals surface area contributed by atoms with Crippen LogP contribution in [0.2, 0.25) is 0 Å². The Bertz CT molecular complexity index is 726. The fourth-order valence-corrected chi connectivity index (χ4v) is 5.22. The number of nitrogens with zero attached hydrogens (tertiary/aromatic N) is 4. The molecule has 2 aliphatic heterocycles. The monoisotopic (exact) mass is 374 g/mol. The minimum atomic E-state index is 0.726. The SMILES string of the molecule is CCCOCC1CCN(C2CCN(c3ncnc4sc(C)cc34)CC2)C1. The first kappa shape index (κ1) is 18.1. The van der Waals surface area contributed by atoms with Gasteiger partial charge in [-0.1, -0.05) is 6.92 Å². The molecule has 0 aromatic carbocycles. The quantitative estimate of drug-likeness (QED) is 0.721. The molecule has 0 radical (unpaired) electrons. The molecule has 4 heterocycles. The van der Waals surface area contributed by atoms with E-state index in [4.69, 9.17) is 4.74 Å². The van der Waals surface area contributed by atoms with Gasteiger partial charge in [0.05, 0.1) is 12.0 Å².